The molecule has 0 spiro atoms. The van der Waals surface area contributed by atoms with E-state index in [1.807, 2.05) is 28.6 Å². The first kappa shape index (κ1) is 51.9. The third kappa shape index (κ3) is 19.0. The van der Waals surface area contributed by atoms with Gasteiger partial charge in [0.1, 0.15) is 0 Å². The van der Waals surface area contributed by atoms with E-state index in [-0.39, 0.29) is 16.7 Å². The minimum atomic E-state index is -0.266. The number of allylic oxidation sites excluding steroid dienone is 2. The van der Waals surface area contributed by atoms with Crippen LogP contribution in [0.2, 0.25) is 0 Å². The Labute approximate surface area is 350 Å². The van der Waals surface area contributed by atoms with Crippen LogP contribution >= 0.6 is 23.7 Å². The van der Waals surface area contributed by atoms with Crippen LogP contribution in [0.15, 0.2) is 46.0 Å². The molecule has 1 aliphatic rings. The van der Waals surface area contributed by atoms with Gasteiger partial charge in [-0.3, -0.25) is 4.79 Å². The lowest BCUT2D eigenvalue weighted by molar-refractivity contribution is -0.126. The third-order valence-corrected chi connectivity index (χ3v) is 13.9. The second-order valence-corrected chi connectivity index (χ2v) is 18.8. The van der Waals surface area contributed by atoms with Crippen molar-refractivity contribution in [2.24, 2.45) is 10.8 Å². The molecular formula is C48H88N2O3S2. The smallest absolute Gasteiger partial charge is 0.257 e. The number of hydrogen-bond donors (Lipinski definition) is 0. The van der Waals surface area contributed by atoms with E-state index in [0.717, 1.165) is 92.2 Å². The van der Waals surface area contributed by atoms with Crippen molar-refractivity contribution in [3.8, 4) is 0 Å². The van der Waals surface area contributed by atoms with Crippen molar-refractivity contribution >= 4 is 29.6 Å². The number of thioether (sulfide) groups is 1. The van der Waals surface area contributed by atoms with Gasteiger partial charge in [0, 0.05) is 40.6 Å². The van der Waals surface area contributed by atoms with Gasteiger partial charge in [0.05, 0.1) is 31.2 Å². The van der Waals surface area contributed by atoms with Gasteiger partial charge in [-0.15, -0.1) is 11.8 Å². The number of hydrogen-bond acceptors (Lipinski definition) is 6. The topological polar surface area (TPSA) is 42.0 Å². The van der Waals surface area contributed by atoms with Gasteiger partial charge in [0.25, 0.3) is 5.91 Å². The maximum atomic E-state index is 14.8. The van der Waals surface area contributed by atoms with Crippen LogP contribution in [-0.4, -0.2) is 60.4 Å². The Bertz CT molecular complexity index is 1140. The SMILES string of the molecule is C=C(/C=C(\SN(CCOCCCCCCCC)C1=C(C(C)(CC)CCCC)C(=O)N(CCOCCCCCCCC)C1=C)C(C)(CC)CCCCC)SCC. The molecule has 1 aliphatic heterocycles. The largest absolute Gasteiger partial charge is 0.380 e. The van der Waals surface area contributed by atoms with Gasteiger partial charge in [-0.1, -0.05) is 172 Å². The molecule has 0 aromatic rings. The molecule has 0 radical (unpaired) electrons. The third-order valence-electron chi connectivity index (χ3n) is 11.7. The number of nitrogens with zero attached hydrogens (tertiary/aromatic N) is 2. The Hall–Kier alpha value is -1.15. The van der Waals surface area contributed by atoms with Gasteiger partial charge in [-0.05, 0) is 67.7 Å². The van der Waals surface area contributed by atoms with Crippen LogP contribution < -0.4 is 0 Å². The normalized spacial score (nSPS) is 15.9. The van der Waals surface area contributed by atoms with E-state index in [4.69, 9.17) is 16.1 Å². The first-order chi connectivity index (χ1) is 26.5. The van der Waals surface area contributed by atoms with Crippen molar-refractivity contribution in [3.05, 3.63) is 46.0 Å². The summed E-state index contributed by atoms with van der Waals surface area (Å²) in [4.78, 5) is 19.2. The fourth-order valence-electron chi connectivity index (χ4n) is 7.45. The fraction of sp³-hybridized carbons (Fsp3) is 0.812. The zero-order valence-corrected chi connectivity index (χ0v) is 39.4. The number of ether oxygens (including phenoxy) is 2. The van der Waals surface area contributed by atoms with Crippen LogP contribution in [0.25, 0.3) is 0 Å². The molecule has 2 unspecified atom stereocenters. The fourth-order valence-corrected chi connectivity index (χ4v) is 9.45. The van der Waals surface area contributed by atoms with Gasteiger partial charge < -0.3 is 18.7 Å². The van der Waals surface area contributed by atoms with Crippen molar-refractivity contribution < 1.29 is 14.3 Å². The lowest BCUT2D eigenvalue weighted by Gasteiger charge is -2.37. The van der Waals surface area contributed by atoms with E-state index in [2.05, 4.69) is 79.3 Å². The predicted molar refractivity (Wildman–Crippen MR) is 246 cm³/mol. The highest BCUT2D eigenvalue weighted by molar-refractivity contribution is 8.03. The molecule has 0 aromatic carbocycles. The standard InChI is InChI=1S/C48H88N2O3S2/c1-12-19-23-25-27-30-36-52-38-34-49-42(9)45(44(46(49)51)48(11,17-6)32-22-15-4)50(35-39-53-37-31-28-26-24-20-13-2)55-43(40-41(8)54-18-7)47(10,16-5)33-29-21-14-3/h40H,8-9,12-39H2,1-7,10-11H3/b43-40-. The van der Waals surface area contributed by atoms with Gasteiger partial charge in [0.2, 0.25) is 0 Å². The molecule has 0 fully saturated rings. The van der Waals surface area contributed by atoms with E-state index in [1.165, 1.54) is 88.4 Å². The van der Waals surface area contributed by atoms with Crippen LogP contribution in [0.1, 0.15) is 197 Å². The molecule has 1 amide bonds. The zero-order chi connectivity index (χ0) is 41.0. The van der Waals surface area contributed by atoms with Crippen molar-refractivity contribution in [1.29, 1.82) is 0 Å². The van der Waals surface area contributed by atoms with Crippen LogP contribution in [-0.2, 0) is 14.3 Å². The first-order valence-corrected chi connectivity index (χ1v) is 24.7. The number of unbranched alkanes of at least 4 members (excludes halogenated alkanes) is 13. The minimum absolute atomic E-state index is 0.0142. The van der Waals surface area contributed by atoms with E-state index in [0.29, 0.717) is 26.3 Å². The molecule has 1 heterocycles. The molecule has 320 valence electrons. The Balaban J connectivity index is 3.61. The number of amides is 1. The first-order valence-electron chi connectivity index (χ1n) is 22.9. The van der Waals surface area contributed by atoms with Crippen LogP contribution in [0.3, 0.4) is 0 Å². The molecule has 0 aromatic heterocycles. The molecular weight excluding hydrogens is 717 g/mol. The highest BCUT2D eigenvalue weighted by Gasteiger charge is 2.45. The average Bonchev–Trinajstić information content (AvgIpc) is 3.43. The number of carbonyl (C=O) groups excluding carboxylic acids is 1. The molecule has 1 rings (SSSR count). The summed E-state index contributed by atoms with van der Waals surface area (Å²) in [5, 5.41) is 0. The predicted octanol–water partition coefficient (Wildman–Crippen LogP) is 15.1. The molecule has 7 heteroatoms. The van der Waals surface area contributed by atoms with E-state index in [1.54, 1.807) is 0 Å². The summed E-state index contributed by atoms with van der Waals surface area (Å²) >= 11 is 3.64. The Kier molecular flexibility index (Phi) is 29.1. The van der Waals surface area contributed by atoms with Crippen LogP contribution in [0.4, 0.5) is 0 Å². The maximum absolute atomic E-state index is 14.8. The lowest BCUT2D eigenvalue weighted by Crippen LogP contribution is -2.33. The molecule has 2 atom stereocenters. The Morgan fingerprint density at radius 2 is 1.25 bits per heavy atom. The van der Waals surface area contributed by atoms with E-state index in [9.17, 15) is 4.79 Å². The number of carbonyl (C=O) groups is 1. The highest BCUT2D eigenvalue weighted by atomic mass is 32.2. The Morgan fingerprint density at radius 1 is 0.709 bits per heavy atom. The molecule has 55 heavy (non-hydrogen) atoms. The van der Waals surface area contributed by atoms with Crippen molar-refractivity contribution in [2.75, 3.05) is 45.3 Å². The summed E-state index contributed by atoms with van der Waals surface area (Å²) in [6, 6.07) is 0. The second kappa shape index (κ2) is 30.9. The van der Waals surface area contributed by atoms with Crippen LogP contribution in [0.5, 0.6) is 0 Å². The summed E-state index contributed by atoms with van der Waals surface area (Å²) < 4.78 is 15.0. The maximum Gasteiger partial charge on any atom is 0.257 e. The molecule has 0 saturated heterocycles. The number of rotatable bonds is 37. The van der Waals surface area contributed by atoms with Gasteiger partial charge >= 0.3 is 0 Å². The molecule has 5 nitrogen and oxygen atoms in total. The van der Waals surface area contributed by atoms with Gasteiger partial charge in [0.15, 0.2) is 0 Å². The van der Waals surface area contributed by atoms with E-state index < -0.39 is 0 Å². The molecule has 0 aliphatic carbocycles. The quantitative estimate of drug-likeness (QED) is 0.0354. The molecule has 0 bridgehead atoms. The summed E-state index contributed by atoms with van der Waals surface area (Å²) in [5.41, 5.74) is 2.46. The summed E-state index contributed by atoms with van der Waals surface area (Å²) in [6.07, 6.45) is 27.2. The Morgan fingerprint density at radius 3 is 1.80 bits per heavy atom. The minimum Gasteiger partial charge on any atom is -0.380 e. The lowest BCUT2D eigenvalue weighted by atomic mass is 9.74. The average molecular weight is 805 g/mol. The molecule has 0 N–H and O–H groups in total. The summed E-state index contributed by atoms with van der Waals surface area (Å²) in [7, 11) is 0. The van der Waals surface area contributed by atoms with Crippen LogP contribution in [0, 0.1) is 10.8 Å². The summed E-state index contributed by atoms with van der Waals surface area (Å²) in [6.45, 7) is 33.7. The van der Waals surface area contributed by atoms with Gasteiger partial charge in [-0.25, -0.2) is 0 Å². The molecule has 0 saturated carbocycles. The zero-order valence-electron chi connectivity index (χ0n) is 37.7. The monoisotopic (exact) mass is 805 g/mol. The second-order valence-electron chi connectivity index (χ2n) is 16.4. The van der Waals surface area contributed by atoms with Crippen molar-refractivity contribution in [3.63, 3.8) is 0 Å². The van der Waals surface area contributed by atoms with Gasteiger partial charge in [-0.2, -0.15) is 0 Å². The van der Waals surface area contributed by atoms with Crippen molar-refractivity contribution in [2.45, 2.75) is 197 Å². The van der Waals surface area contributed by atoms with Crippen molar-refractivity contribution in [1.82, 2.24) is 9.21 Å². The highest BCUT2D eigenvalue weighted by Crippen LogP contribution is 2.51. The summed E-state index contributed by atoms with van der Waals surface area (Å²) in [5.74, 6) is 1.10. The van der Waals surface area contributed by atoms with E-state index >= 15 is 0 Å².